The van der Waals surface area contributed by atoms with Crippen LogP contribution < -0.4 is 26.3 Å². The van der Waals surface area contributed by atoms with Crippen molar-refractivity contribution < 1.29 is 31.1 Å². The van der Waals surface area contributed by atoms with Gasteiger partial charge in [-0.05, 0) is 29.8 Å². The second-order valence-electron chi connectivity index (χ2n) is 7.65. The minimum atomic E-state index is -0.403. The van der Waals surface area contributed by atoms with Crippen LogP contribution in [0.2, 0.25) is 0 Å². The summed E-state index contributed by atoms with van der Waals surface area (Å²) in [7, 11) is 1.64. The molecule has 0 fully saturated rings. The van der Waals surface area contributed by atoms with Crippen molar-refractivity contribution >= 4 is 12.0 Å². The molecule has 5 nitrogen and oxygen atoms in total. The van der Waals surface area contributed by atoms with Crippen LogP contribution in [0.15, 0.2) is 72.1 Å². The van der Waals surface area contributed by atoms with Gasteiger partial charge in [0, 0.05) is 5.41 Å². The van der Waals surface area contributed by atoms with Gasteiger partial charge >= 0.3 is 5.82 Å². The zero-order valence-electron chi connectivity index (χ0n) is 17.2. The van der Waals surface area contributed by atoms with Crippen molar-refractivity contribution in [2.45, 2.75) is 27.3 Å². The molecule has 1 heterocycles. The first-order chi connectivity index (χ1) is 13.4. The highest BCUT2D eigenvalue weighted by Crippen LogP contribution is 2.21. The van der Waals surface area contributed by atoms with E-state index < -0.39 is 5.41 Å². The number of hydrogen-bond acceptors (Lipinski definition) is 3. The predicted molar refractivity (Wildman–Crippen MR) is 111 cm³/mol. The maximum absolute atomic E-state index is 12.6. The third-order valence-corrected chi connectivity index (χ3v) is 4.51. The van der Waals surface area contributed by atoms with Gasteiger partial charge < -0.3 is 21.7 Å². The fraction of sp³-hybridized carbons (Fsp3) is 0.261. The Balaban J connectivity index is 0.00000300. The number of benzene rings is 2. The number of hydrogen-bond donors (Lipinski definition) is 0. The Morgan fingerprint density at radius 1 is 1.10 bits per heavy atom. The molecule has 0 bridgehead atoms. The molecule has 3 rings (SSSR count). The Morgan fingerprint density at radius 2 is 1.76 bits per heavy atom. The minimum absolute atomic E-state index is 0. The summed E-state index contributed by atoms with van der Waals surface area (Å²) >= 11 is 0. The van der Waals surface area contributed by atoms with Crippen LogP contribution in [0.1, 0.15) is 26.3 Å². The maximum atomic E-state index is 12.6. The Bertz CT molecular complexity index is 972. The molecule has 152 valence electrons. The van der Waals surface area contributed by atoms with E-state index in [1.807, 2.05) is 98.5 Å². The first-order valence-corrected chi connectivity index (χ1v) is 9.26. The normalized spacial score (nSPS) is 11.3. The molecule has 2 aromatic carbocycles. The predicted octanol–water partition coefficient (Wildman–Crippen LogP) is 0.953. The van der Waals surface area contributed by atoms with Crippen molar-refractivity contribution in [1.29, 1.82) is 0 Å². The summed E-state index contributed by atoms with van der Waals surface area (Å²) in [5.41, 5.74) is 1.56. The number of nitrogens with zero attached hydrogens (tertiary/aromatic N) is 3. The fourth-order valence-electron chi connectivity index (χ4n) is 2.74. The molecule has 6 heteroatoms. The van der Waals surface area contributed by atoms with Crippen LogP contribution in [0.3, 0.4) is 0 Å². The number of rotatable bonds is 6. The maximum Gasteiger partial charge on any atom is 0.314 e. The molecule has 3 aromatic rings. The molecular weight excluding hydrogens is 430 g/mol. The van der Waals surface area contributed by atoms with Crippen molar-refractivity contribution in [3.63, 3.8) is 0 Å². The van der Waals surface area contributed by atoms with E-state index in [1.54, 1.807) is 11.8 Å². The molecule has 0 aliphatic carbocycles. The lowest BCUT2D eigenvalue weighted by Crippen LogP contribution is -3.00. The zero-order chi connectivity index (χ0) is 20.1. The first kappa shape index (κ1) is 22.6. The summed E-state index contributed by atoms with van der Waals surface area (Å²) in [5, 5.41) is 4.61. The molecule has 1 aromatic heterocycles. The third-order valence-electron chi connectivity index (χ3n) is 4.51. The average molecular weight is 456 g/mol. The number of aromatic nitrogens is 2. The van der Waals surface area contributed by atoms with E-state index in [9.17, 15) is 4.79 Å². The number of ketones is 1. The number of carbonyl (C=O) groups is 1. The smallest absolute Gasteiger partial charge is 0.314 e. The number of imidazole rings is 1. The van der Waals surface area contributed by atoms with Gasteiger partial charge in [0.1, 0.15) is 18.5 Å². The monoisotopic (exact) mass is 455 g/mol. The van der Waals surface area contributed by atoms with Crippen molar-refractivity contribution in [1.82, 2.24) is 4.68 Å². The molecule has 29 heavy (non-hydrogen) atoms. The molecular formula is C23H26BrN3O2. The topological polar surface area (TPSA) is 47.5 Å². The lowest BCUT2D eigenvalue weighted by Gasteiger charge is -2.15. The molecule has 0 radical (unpaired) electrons. The van der Waals surface area contributed by atoms with Crippen LogP contribution in [-0.2, 0) is 11.3 Å². The average Bonchev–Trinajstić information content (AvgIpc) is 3.09. The van der Waals surface area contributed by atoms with Gasteiger partial charge in [0.15, 0.2) is 12.0 Å². The Kier molecular flexibility index (Phi) is 7.51. The van der Waals surface area contributed by atoms with E-state index in [0.29, 0.717) is 6.54 Å². The Morgan fingerprint density at radius 3 is 2.34 bits per heavy atom. The van der Waals surface area contributed by atoms with Crippen LogP contribution in [0.25, 0.3) is 11.4 Å². The number of halogens is 1. The van der Waals surface area contributed by atoms with Gasteiger partial charge in [-0.15, -0.1) is 4.68 Å². The number of methoxy groups -OCH3 is 1. The molecule has 0 atom stereocenters. The molecule has 0 aliphatic rings. The summed E-state index contributed by atoms with van der Waals surface area (Å²) < 4.78 is 9.00. The van der Waals surface area contributed by atoms with Crippen molar-refractivity contribution in [3.8, 4) is 17.1 Å². The third kappa shape index (κ3) is 5.64. The van der Waals surface area contributed by atoms with E-state index in [2.05, 4.69) is 5.10 Å². The molecule has 0 saturated heterocycles. The second-order valence-corrected chi connectivity index (χ2v) is 7.65. The highest BCUT2D eigenvalue weighted by Gasteiger charge is 2.27. The van der Waals surface area contributed by atoms with Crippen LogP contribution in [-0.4, -0.2) is 23.8 Å². The van der Waals surface area contributed by atoms with E-state index in [1.165, 1.54) is 0 Å². The van der Waals surface area contributed by atoms with Crippen LogP contribution >= 0.6 is 0 Å². The van der Waals surface area contributed by atoms with Gasteiger partial charge in [0.25, 0.3) is 0 Å². The molecule has 0 N–H and O–H groups in total. The van der Waals surface area contributed by atoms with Crippen molar-refractivity contribution in [3.05, 3.63) is 72.6 Å². The number of ether oxygens (including phenoxy) is 1. The van der Waals surface area contributed by atoms with Gasteiger partial charge in [-0.3, -0.25) is 4.79 Å². The van der Waals surface area contributed by atoms with Gasteiger partial charge in [-0.1, -0.05) is 56.2 Å². The SMILES string of the molecule is COc1ccc(-c2n(N=Cc3ccccc3)cc[n+]2CC(=O)C(C)(C)C)cc1.[Br-]. The first-order valence-electron chi connectivity index (χ1n) is 9.26. The number of carbonyl (C=O) groups excluding carboxylic acids is 1. The van der Waals surface area contributed by atoms with E-state index in [4.69, 9.17) is 4.74 Å². The zero-order valence-corrected chi connectivity index (χ0v) is 18.8. The lowest BCUT2D eigenvalue weighted by atomic mass is 9.91. The van der Waals surface area contributed by atoms with E-state index >= 15 is 0 Å². The quantitative estimate of drug-likeness (QED) is 0.410. The summed E-state index contributed by atoms with van der Waals surface area (Å²) in [4.78, 5) is 12.6. The van der Waals surface area contributed by atoms with Crippen molar-refractivity contribution in [2.24, 2.45) is 10.5 Å². The fourth-order valence-corrected chi connectivity index (χ4v) is 2.74. The lowest BCUT2D eigenvalue weighted by molar-refractivity contribution is -0.673. The minimum Gasteiger partial charge on any atom is -1.00 e. The van der Waals surface area contributed by atoms with Gasteiger partial charge in [0.2, 0.25) is 0 Å². The van der Waals surface area contributed by atoms with Gasteiger partial charge in [-0.25, -0.2) is 4.57 Å². The highest BCUT2D eigenvalue weighted by molar-refractivity contribution is 5.82. The molecule has 0 saturated carbocycles. The van der Waals surface area contributed by atoms with Gasteiger partial charge in [0.05, 0.1) is 18.9 Å². The molecule has 0 unspecified atom stereocenters. The Labute approximate surface area is 182 Å². The Hall–Kier alpha value is -2.73. The summed E-state index contributed by atoms with van der Waals surface area (Å²) in [6.07, 6.45) is 5.57. The standard InChI is InChI=1S/C23H26N3O2.BrH/c1-23(2,3)21(27)17-25-14-15-26(24-16-18-8-6-5-7-9-18)22(25)19-10-12-20(28-4)13-11-19;/h5-16H,17H2,1-4H3;1H/q+1;/p-1. The van der Waals surface area contributed by atoms with Crippen LogP contribution in [0, 0.1) is 5.41 Å². The van der Waals surface area contributed by atoms with E-state index in [-0.39, 0.29) is 22.8 Å². The molecule has 0 aliphatic heterocycles. The number of Topliss-reactive ketones (excluding diaryl/α,β-unsaturated/α-hetero) is 1. The van der Waals surface area contributed by atoms with Crippen LogP contribution in [0.4, 0.5) is 0 Å². The van der Waals surface area contributed by atoms with Crippen molar-refractivity contribution in [2.75, 3.05) is 7.11 Å². The highest BCUT2D eigenvalue weighted by atomic mass is 79.9. The largest absolute Gasteiger partial charge is 1.00 e. The summed E-state index contributed by atoms with van der Waals surface area (Å²) in [5.74, 6) is 1.79. The van der Waals surface area contributed by atoms with Gasteiger partial charge in [-0.2, -0.15) is 0 Å². The molecule has 0 spiro atoms. The van der Waals surface area contributed by atoms with E-state index in [0.717, 1.165) is 22.7 Å². The van der Waals surface area contributed by atoms with Crippen LogP contribution in [0.5, 0.6) is 5.75 Å². The molecule has 0 amide bonds. The summed E-state index contributed by atoms with van der Waals surface area (Å²) in [6, 6.07) is 17.7. The second kappa shape index (κ2) is 9.65. The summed E-state index contributed by atoms with van der Waals surface area (Å²) in [6.45, 7) is 6.10.